The number of benzene rings is 1. The highest BCUT2D eigenvalue weighted by molar-refractivity contribution is 6.03. The van der Waals surface area contributed by atoms with Crippen LogP contribution in [0.1, 0.15) is 43.6 Å². The molecule has 0 radical (unpaired) electrons. The molecular formula is C17H18N2O3. The van der Waals surface area contributed by atoms with Crippen molar-refractivity contribution in [1.82, 2.24) is 9.55 Å². The van der Waals surface area contributed by atoms with Gasteiger partial charge in [0, 0.05) is 12.8 Å². The van der Waals surface area contributed by atoms with Gasteiger partial charge in [0.2, 0.25) is 0 Å². The summed E-state index contributed by atoms with van der Waals surface area (Å²) in [7, 11) is 0. The van der Waals surface area contributed by atoms with Crippen LogP contribution in [-0.4, -0.2) is 21.1 Å². The lowest BCUT2D eigenvalue weighted by Crippen LogP contribution is -2.37. The van der Waals surface area contributed by atoms with Crippen LogP contribution >= 0.6 is 0 Å². The minimum atomic E-state index is -0.559. The Labute approximate surface area is 128 Å². The van der Waals surface area contributed by atoms with Gasteiger partial charge in [-0.1, -0.05) is 19.1 Å². The topological polar surface area (TPSA) is 69.0 Å². The van der Waals surface area contributed by atoms with Crippen LogP contribution in [0, 0.1) is 6.92 Å². The largest absolute Gasteiger partial charge is 0.299 e. The standard InChI is InChI=1S/C17H18N2O3/c1-3-15-18-12-6-4-5-10(2)16(12)17(22)19(15)13-8-7-11(20)9-14(13)21/h4-6,13H,3,7-9H2,1-2H3. The van der Waals surface area contributed by atoms with E-state index in [9.17, 15) is 14.4 Å². The van der Waals surface area contributed by atoms with Crippen LogP contribution in [0.25, 0.3) is 10.9 Å². The van der Waals surface area contributed by atoms with Crippen LogP contribution in [0.2, 0.25) is 0 Å². The summed E-state index contributed by atoms with van der Waals surface area (Å²) >= 11 is 0. The van der Waals surface area contributed by atoms with Crippen molar-refractivity contribution in [3.05, 3.63) is 39.9 Å². The Bertz CT molecular complexity index is 836. The van der Waals surface area contributed by atoms with Crippen LogP contribution in [-0.2, 0) is 16.0 Å². The van der Waals surface area contributed by atoms with Gasteiger partial charge in [0.25, 0.3) is 5.56 Å². The minimum Gasteiger partial charge on any atom is -0.299 e. The van der Waals surface area contributed by atoms with Crippen LogP contribution in [0.4, 0.5) is 0 Å². The Kier molecular flexibility index (Phi) is 3.64. The van der Waals surface area contributed by atoms with E-state index < -0.39 is 6.04 Å². The monoisotopic (exact) mass is 298 g/mol. The smallest absolute Gasteiger partial charge is 0.262 e. The zero-order valence-electron chi connectivity index (χ0n) is 12.8. The Morgan fingerprint density at radius 2 is 2.05 bits per heavy atom. The molecule has 0 amide bonds. The van der Waals surface area contributed by atoms with Gasteiger partial charge in [-0.15, -0.1) is 0 Å². The van der Waals surface area contributed by atoms with Gasteiger partial charge in [-0.3, -0.25) is 19.0 Å². The number of hydrogen-bond acceptors (Lipinski definition) is 4. The number of rotatable bonds is 2. The van der Waals surface area contributed by atoms with Crippen molar-refractivity contribution >= 4 is 22.5 Å². The van der Waals surface area contributed by atoms with E-state index in [1.807, 2.05) is 32.0 Å². The second-order valence-corrected chi connectivity index (χ2v) is 5.76. The van der Waals surface area contributed by atoms with Gasteiger partial charge in [0.15, 0.2) is 5.78 Å². The fourth-order valence-corrected chi connectivity index (χ4v) is 3.16. The molecule has 1 atom stereocenters. The molecule has 114 valence electrons. The maximum Gasteiger partial charge on any atom is 0.262 e. The van der Waals surface area contributed by atoms with Gasteiger partial charge in [-0.2, -0.15) is 0 Å². The summed E-state index contributed by atoms with van der Waals surface area (Å²) in [6.45, 7) is 3.78. The van der Waals surface area contributed by atoms with Gasteiger partial charge in [0.1, 0.15) is 11.6 Å². The number of Topliss-reactive ketones (excluding diaryl/α,β-unsaturated/α-hetero) is 2. The van der Waals surface area contributed by atoms with E-state index >= 15 is 0 Å². The minimum absolute atomic E-state index is 0.0442. The molecule has 0 saturated heterocycles. The Morgan fingerprint density at radius 3 is 2.73 bits per heavy atom. The number of aromatic nitrogens is 2. The molecule has 1 heterocycles. The third kappa shape index (κ3) is 2.26. The maximum absolute atomic E-state index is 12.9. The zero-order valence-corrected chi connectivity index (χ0v) is 12.8. The van der Waals surface area contributed by atoms with E-state index in [4.69, 9.17) is 0 Å². The van der Waals surface area contributed by atoms with E-state index in [1.165, 1.54) is 4.57 Å². The van der Waals surface area contributed by atoms with E-state index in [0.29, 0.717) is 36.0 Å². The SMILES string of the molecule is CCc1nc2cccc(C)c2c(=O)n1C1CCC(=O)CC1=O. The van der Waals surface area contributed by atoms with E-state index in [1.54, 1.807) is 0 Å². The molecule has 1 fully saturated rings. The predicted octanol–water partition coefficient (Wildman–Crippen LogP) is 2.13. The van der Waals surface area contributed by atoms with Crippen molar-refractivity contribution in [2.45, 2.75) is 45.6 Å². The molecule has 5 nitrogen and oxygen atoms in total. The first-order valence-corrected chi connectivity index (χ1v) is 7.58. The van der Waals surface area contributed by atoms with Crippen molar-refractivity contribution in [3.8, 4) is 0 Å². The number of ketones is 2. The quantitative estimate of drug-likeness (QED) is 0.796. The lowest BCUT2D eigenvalue weighted by molar-refractivity contribution is -0.132. The van der Waals surface area contributed by atoms with E-state index in [0.717, 1.165) is 5.56 Å². The van der Waals surface area contributed by atoms with Crippen LogP contribution in [0.3, 0.4) is 0 Å². The summed E-state index contributed by atoms with van der Waals surface area (Å²) in [5.41, 5.74) is 1.34. The molecule has 22 heavy (non-hydrogen) atoms. The summed E-state index contributed by atoms with van der Waals surface area (Å²) < 4.78 is 1.52. The van der Waals surface area contributed by atoms with Crippen LogP contribution in [0.5, 0.6) is 0 Å². The summed E-state index contributed by atoms with van der Waals surface area (Å²) in [5.74, 6) is 0.385. The van der Waals surface area contributed by atoms with Crippen molar-refractivity contribution in [3.63, 3.8) is 0 Å². The van der Waals surface area contributed by atoms with Crippen LogP contribution in [0.15, 0.2) is 23.0 Å². The maximum atomic E-state index is 12.9. The van der Waals surface area contributed by atoms with Crippen molar-refractivity contribution in [2.24, 2.45) is 0 Å². The summed E-state index contributed by atoms with van der Waals surface area (Å²) in [6, 6.07) is 5.00. The second kappa shape index (κ2) is 5.48. The second-order valence-electron chi connectivity index (χ2n) is 5.76. The van der Waals surface area contributed by atoms with Gasteiger partial charge in [0.05, 0.1) is 23.4 Å². The molecule has 0 bridgehead atoms. The number of aryl methyl sites for hydroxylation is 2. The zero-order chi connectivity index (χ0) is 15.9. The number of carbonyl (C=O) groups is 2. The van der Waals surface area contributed by atoms with Gasteiger partial charge in [-0.05, 0) is 25.0 Å². The fraction of sp³-hybridized carbons (Fsp3) is 0.412. The molecule has 1 aromatic heterocycles. The average molecular weight is 298 g/mol. The number of fused-ring (bicyclic) bond motifs is 1. The number of carbonyl (C=O) groups excluding carboxylic acids is 2. The van der Waals surface area contributed by atoms with E-state index in [2.05, 4.69) is 4.98 Å². The third-order valence-electron chi connectivity index (χ3n) is 4.28. The highest BCUT2D eigenvalue weighted by atomic mass is 16.2. The first-order chi connectivity index (χ1) is 10.5. The molecule has 1 aromatic carbocycles. The molecule has 1 aliphatic rings. The summed E-state index contributed by atoms with van der Waals surface area (Å²) in [6.07, 6.45) is 1.23. The Morgan fingerprint density at radius 1 is 1.27 bits per heavy atom. The lowest BCUT2D eigenvalue weighted by Gasteiger charge is -2.24. The lowest BCUT2D eigenvalue weighted by atomic mass is 9.92. The summed E-state index contributed by atoms with van der Waals surface area (Å²) in [5, 5.41) is 0.560. The Hall–Kier alpha value is -2.30. The fourth-order valence-electron chi connectivity index (χ4n) is 3.16. The Balaban J connectivity index is 2.26. The molecule has 5 heteroatoms. The number of nitrogens with zero attached hydrogens (tertiary/aromatic N) is 2. The molecule has 1 saturated carbocycles. The molecule has 0 N–H and O–H groups in total. The van der Waals surface area contributed by atoms with Gasteiger partial charge < -0.3 is 0 Å². The summed E-state index contributed by atoms with van der Waals surface area (Å²) in [4.78, 5) is 41.2. The molecule has 2 aromatic rings. The number of hydrogen-bond donors (Lipinski definition) is 0. The molecular weight excluding hydrogens is 280 g/mol. The first kappa shape index (κ1) is 14.6. The highest BCUT2D eigenvalue weighted by Crippen LogP contribution is 2.24. The van der Waals surface area contributed by atoms with E-state index in [-0.39, 0.29) is 23.5 Å². The molecule has 0 spiro atoms. The normalized spacial score (nSPS) is 18.9. The molecule has 0 aliphatic heterocycles. The van der Waals surface area contributed by atoms with Crippen molar-refractivity contribution in [2.75, 3.05) is 0 Å². The molecule has 1 aliphatic carbocycles. The van der Waals surface area contributed by atoms with Gasteiger partial charge >= 0.3 is 0 Å². The van der Waals surface area contributed by atoms with Crippen LogP contribution < -0.4 is 5.56 Å². The predicted molar refractivity (Wildman–Crippen MR) is 83.0 cm³/mol. The van der Waals surface area contributed by atoms with Crippen molar-refractivity contribution < 1.29 is 9.59 Å². The first-order valence-electron chi connectivity index (χ1n) is 7.58. The average Bonchev–Trinajstić information content (AvgIpc) is 2.48. The highest BCUT2D eigenvalue weighted by Gasteiger charge is 2.31. The van der Waals surface area contributed by atoms with Crippen molar-refractivity contribution in [1.29, 1.82) is 0 Å². The third-order valence-corrected chi connectivity index (χ3v) is 4.28. The molecule has 1 unspecified atom stereocenters. The molecule has 3 rings (SSSR count). The van der Waals surface area contributed by atoms with Gasteiger partial charge in [-0.25, -0.2) is 4.98 Å².